The fourth-order valence-corrected chi connectivity index (χ4v) is 3.53. The Balaban J connectivity index is 2.00. The summed E-state index contributed by atoms with van der Waals surface area (Å²) in [7, 11) is 2.19. The minimum absolute atomic E-state index is 0.158. The van der Waals surface area contributed by atoms with E-state index in [4.69, 9.17) is 0 Å². The van der Waals surface area contributed by atoms with Crippen molar-refractivity contribution in [1.29, 1.82) is 0 Å². The monoisotopic (exact) mass is 258 g/mol. The van der Waals surface area contributed by atoms with Crippen LogP contribution in [0.2, 0.25) is 0 Å². The number of aliphatic hydroxyl groups is 1. The summed E-state index contributed by atoms with van der Waals surface area (Å²) in [4.78, 5) is 2.40. The first-order valence-corrected chi connectivity index (χ1v) is 7.00. The third kappa shape index (κ3) is 1.88. The molecule has 0 amide bonds. The van der Waals surface area contributed by atoms with Crippen molar-refractivity contribution in [3.63, 3.8) is 0 Å². The summed E-state index contributed by atoms with van der Waals surface area (Å²) in [5.41, 5.74) is 3.94. The number of allylic oxidation sites excluding steroid dienone is 1. The highest BCUT2D eigenvalue weighted by Crippen LogP contribution is 2.50. The Kier molecular flexibility index (Phi) is 3.11. The van der Waals surface area contributed by atoms with E-state index in [1.807, 2.05) is 6.92 Å². The van der Waals surface area contributed by atoms with Crippen LogP contribution in [0.4, 0.5) is 5.69 Å². The van der Waals surface area contributed by atoms with E-state index in [0.29, 0.717) is 6.17 Å². The van der Waals surface area contributed by atoms with Gasteiger partial charge in [0.15, 0.2) is 0 Å². The van der Waals surface area contributed by atoms with Gasteiger partial charge in [-0.15, -0.1) is 0 Å². The fraction of sp³-hybridized carbons (Fsp3) is 0.500. The van der Waals surface area contributed by atoms with Crippen LogP contribution in [0.5, 0.6) is 0 Å². The van der Waals surface area contributed by atoms with Gasteiger partial charge in [0.25, 0.3) is 0 Å². The molecule has 2 aliphatic rings. The van der Waals surface area contributed by atoms with Crippen molar-refractivity contribution in [1.82, 2.24) is 4.90 Å². The highest BCUT2D eigenvalue weighted by molar-refractivity contribution is 5.63. The summed E-state index contributed by atoms with van der Waals surface area (Å²) in [5.74, 6) is 0. The molecule has 2 atom stereocenters. The van der Waals surface area contributed by atoms with Crippen molar-refractivity contribution in [3.05, 3.63) is 41.5 Å². The van der Waals surface area contributed by atoms with Crippen molar-refractivity contribution in [2.75, 3.05) is 25.5 Å². The number of nitrogens with one attached hydrogen (secondary N) is 1. The number of benzene rings is 1. The highest BCUT2D eigenvalue weighted by atomic mass is 16.3. The van der Waals surface area contributed by atoms with Crippen molar-refractivity contribution in [3.8, 4) is 0 Å². The third-order valence-corrected chi connectivity index (χ3v) is 4.69. The number of likely N-dealkylation sites (tertiary alicyclic amines) is 1. The number of rotatable bonds is 3. The quantitative estimate of drug-likeness (QED) is 0.817. The SMILES string of the molecule is C/C(=C\C[C@@]12CCN(C)C1Nc1ccccc12)CO. The van der Waals surface area contributed by atoms with Gasteiger partial charge in [-0.2, -0.15) is 0 Å². The summed E-state index contributed by atoms with van der Waals surface area (Å²) < 4.78 is 0. The van der Waals surface area contributed by atoms with Gasteiger partial charge in [0, 0.05) is 17.6 Å². The van der Waals surface area contributed by atoms with Crippen molar-refractivity contribution >= 4 is 5.69 Å². The molecule has 2 heterocycles. The largest absolute Gasteiger partial charge is 0.392 e. The number of para-hydroxylation sites is 1. The molecule has 1 aromatic carbocycles. The van der Waals surface area contributed by atoms with Crippen LogP contribution >= 0.6 is 0 Å². The average molecular weight is 258 g/mol. The highest BCUT2D eigenvalue weighted by Gasteiger charge is 2.51. The van der Waals surface area contributed by atoms with Crippen molar-refractivity contribution in [2.24, 2.45) is 0 Å². The van der Waals surface area contributed by atoms with Gasteiger partial charge in [0.1, 0.15) is 0 Å². The molecular formula is C16H22N2O. The molecule has 0 spiro atoms. The average Bonchev–Trinajstić information content (AvgIpc) is 2.92. The molecule has 2 N–H and O–H groups in total. The van der Waals surface area contributed by atoms with Crippen LogP contribution in [0.25, 0.3) is 0 Å². The first-order chi connectivity index (χ1) is 9.17. The second-order valence-electron chi connectivity index (χ2n) is 5.89. The van der Waals surface area contributed by atoms with E-state index in [9.17, 15) is 5.11 Å². The first-order valence-electron chi connectivity index (χ1n) is 7.00. The Hall–Kier alpha value is -1.32. The summed E-state index contributed by atoms with van der Waals surface area (Å²) in [5, 5.41) is 12.9. The summed E-state index contributed by atoms with van der Waals surface area (Å²) in [6, 6.07) is 8.65. The van der Waals surface area contributed by atoms with Gasteiger partial charge in [-0.3, -0.25) is 4.90 Å². The predicted octanol–water partition coefficient (Wildman–Crippen LogP) is 2.34. The molecule has 0 aromatic heterocycles. The van der Waals surface area contributed by atoms with Crippen LogP contribution in [-0.2, 0) is 5.41 Å². The number of anilines is 1. The van der Waals surface area contributed by atoms with Gasteiger partial charge in [0.05, 0.1) is 12.8 Å². The number of hydrogen-bond acceptors (Lipinski definition) is 3. The number of fused-ring (bicyclic) bond motifs is 3. The second kappa shape index (κ2) is 4.66. The zero-order valence-electron chi connectivity index (χ0n) is 11.7. The standard InChI is InChI=1S/C16H22N2O/c1-12(11-19)7-8-16-9-10-18(2)15(16)17-14-6-4-3-5-13(14)16/h3-7,15,17,19H,8-11H2,1-2H3/b12-7+/t15?,16-/m0/s1. The van der Waals surface area contributed by atoms with Crippen LogP contribution in [0.15, 0.2) is 35.9 Å². The van der Waals surface area contributed by atoms with Crippen LogP contribution < -0.4 is 5.32 Å². The lowest BCUT2D eigenvalue weighted by Gasteiger charge is -2.30. The molecule has 1 aromatic rings. The molecule has 3 rings (SSSR count). The maximum atomic E-state index is 9.20. The molecule has 3 heteroatoms. The molecule has 1 saturated heterocycles. The minimum Gasteiger partial charge on any atom is -0.392 e. The van der Waals surface area contributed by atoms with E-state index in [1.165, 1.54) is 17.7 Å². The molecule has 0 saturated carbocycles. The lowest BCUT2D eigenvalue weighted by Crippen LogP contribution is -2.41. The molecule has 102 valence electrons. The summed E-state index contributed by atoms with van der Waals surface area (Å²) in [6.45, 7) is 3.28. The maximum Gasteiger partial charge on any atom is 0.0894 e. The maximum absolute atomic E-state index is 9.20. The zero-order chi connectivity index (χ0) is 13.5. The normalized spacial score (nSPS) is 30.1. The summed E-state index contributed by atoms with van der Waals surface area (Å²) in [6.07, 6.45) is 4.76. The molecule has 19 heavy (non-hydrogen) atoms. The Bertz CT molecular complexity index is 511. The van der Waals surface area contributed by atoms with Crippen LogP contribution in [0, 0.1) is 0 Å². The topological polar surface area (TPSA) is 35.5 Å². The lowest BCUT2D eigenvalue weighted by atomic mass is 9.76. The van der Waals surface area contributed by atoms with Crippen LogP contribution in [0.3, 0.4) is 0 Å². The van der Waals surface area contributed by atoms with Gasteiger partial charge >= 0.3 is 0 Å². The van der Waals surface area contributed by atoms with E-state index < -0.39 is 0 Å². The first kappa shape index (κ1) is 12.7. The fourth-order valence-electron chi connectivity index (χ4n) is 3.53. The van der Waals surface area contributed by atoms with E-state index in [2.05, 4.69) is 47.6 Å². The molecule has 0 bridgehead atoms. The molecule has 0 aliphatic carbocycles. The van der Waals surface area contributed by atoms with E-state index in [-0.39, 0.29) is 12.0 Å². The Morgan fingerprint density at radius 2 is 2.32 bits per heavy atom. The van der Waals surface area contributed by atoms with Crippen molar-refractivity contribution in [2.45, 2.75) is 31.3 Å². The van der Waals surface area contributed by atoms with E-state index >= 15 is 0 Å². The molecular weight excluding hydrogens is 236 g/mol. The van der Waals surface area contributed by atoms with E-state index in [0.717, 1.165) is 18.5 Å². The Labute approximate surface area is 114 Å². The molecule has 1 fully saturated rings. The second-order valence-corrected chi connectivity index (χ2v) is 5.89. The van der Waals surface area contributed by atoms with Gasteiger partial charge < -0.3 is 10.4 Å². The number of aliphatic hydroxyl groups excluding tert-OH is 1. The lowest BCUT2D eigenvalue weighted by molar-refractivity contribution is 0.284. The number of nitrogens with zero attached hydrogens (tertiary/aromatic N) is 1. The molecule has 1 unspecified atom stereocenters. The summed E-state index contributed by atoms with van der Waals surface area (Å²) >= 11 is 0. The smallest absolute Gasteiger partial charge is 0.0894 e. The predicted molar refractivity (Wildman–Crippen MR) is 78.2 cm³/mol. The Morgan fingerprint density at radius 1 is 1.53 bits per heavy atom. The van der Waals surface area contributed by atoms with Gasteiger partial charge in [-0.1, -0.05) is 29.8 Å². The minimum atomic E-state index is 0.158. The molecule has 0 radical (unpaired) electrons. The molecule has 2 aliphatic heterocycles. The zero-order valence-corrected chi connectivity index (χ0v) is 11.7. The molecule has 3 nitrogen and oxygen atoms in total. The van der Waals surface area contributed by atoms with Crippen LogP contribution in [0.1, 0.15) is 25.3 Å². The Morgan fingerprint density at radius 3 is 3.11 bits per heavy atom. The third-order valence-electron chi connectivity index (χ3n) is 4.69. The van der Waals surface area contributed by atoms with Crippen LogP contribution in [-0.4, -0.2) is 36.4 Å². The van der Waals surface area contributed by atoms with Gasteiger partial charge in [0.2, 0.25) is 0 Å². The number of hydrogen-bond donors (Lipinski definition) is 2. The van der Waals surface area contributed by atoms with E-state index in [1.54, 1.807) is 0 Å². The van der Waals surface area contributed by atoms with Gasteiger partial charge in [-0.05, 0) is 38.4 Å². The van der Waals surface area contributed by atoms with Gasteiger partial charge in [-0.25, -0.2) is 0 Å². The van der Waals surface area contributed by atoms with Crippen molar-refractivity contribution < 1.29 is 5.11 Å². The number of likely N-dealkylation sites (N-methyl/N-ethyl adjacent to an activating group) is 1.